The van der Waals surface area contributed by atoms with E-state index in [4.69, 9.17) is 10.5 Å². The molecule has 3 heteroatoms. The first-order chi connectivity index (χ1) is 8.31. The Morgan fingerprint density at radius 2 is 2.12 bits per heavy atom. The second-order valence-electron chi connectivity index (χ2n) is 3.81. The van der Waals surface area contributed by atoms with Crippen LogP contribution in [0.5, 0.6) is 5.75 Å². The predicted molar refractivity (Wildman–Crippen MR) is 69.9 cm³/mol. The van der Waals surface area contributed by atoms with Gasteiger partial charge in [0.25, 0.3) is 0 Å². The van der Waals surface area contributed by atoms with E-state index >= 15 is 0 Å². The Morgan fingerprint density at radius 3 is 2.88 bits per heavy atom. The number of pyridine rings is 1. The van der Waals surface area contributed by atoms with Gasteiger partial charge in [0.1, 0.15) is 11.6 Å². The summed E-state index contributed by atoms with van der Waals surface area (Å²) in [6.07, 6.45) is 2.69. The minimum Gasteiger partial charge on any atom is -0.494 e. The number of nitrogens with zero attached hydrogens (tertiary/aromatic N) is 1. The summed E-state index contributed by atoms with van der Waals surface area (Å²) in [5.74, 6) is 1.41. The summed E-state index contributed by atoms with van der Waals surface area (Å²) in [7, 11) is 0. The van der Waals surface area contributed by atoms with Crippen LogP contribution in [0, 0.1) is 0 Å². The van der Waals surface area contributed by atoms with Gasteiger partial charge >= 0.3 is 0 Å². The highest BCUT2D eigenvalue weighted by Crippen LogP contribution is 2.27. The molecule has 0 radical (unpaired) electrons. The van der Waals surface area contributed by atoms with E-state index in [1.165, 1.54) is 0 Å². The Hall–Kier alpha value is -2.03. The van der Waals surface area contributed by atoms with Gasteiger partial charge in [0.2, 0.25) is 0 Å². The van der Waals surface area contributed by atoms with Gasteiger partial charge in [-0.2, -0.15) is 0 Å². The highest BCUT2D eigenvalue weighted by Gasteiger charge is 2.03. The molecular weight excluding hydrogens is 212 g/mol. The second kappa shape index (κ2) is 5.34. The lowest BCUT2D eigenvalue weighted by Gasteiger charge is -2.08. The van der Waals surface area contributed by atoms with Gasteiger partial charge in [-0.15, -0.1) is 0 Å². The van der Waals surface area contributed by atoms with E-state index in [2.05, 4.69) is 11.9 Å². The number of nitrogen functional groups attached to an aromatic ring is 1. The number of ether oxygens (including phenoxy) is 1. The summed E-state index contributed by atoms with van der Waals surface area (Å²) in [4.78, 5) is 4.08. The molecule has 0 aliphatic carbocycles. The average Bonchev–Trinajstić information content (AvgIpc) is 2.37. The molecule has 2 rings (SSSR count). The van der Waals surface area contributed by atoms with Gasteiger partial charge in [0, 0.05) is 11.8 Å². The van der Waals surface area contributed by atoms with Crippen molar-refractivity contribution >= 4 is 5.82 Å². The molecule has 88 valence electrons. The maximum Gasteiger partial charge on any atom is 0.131 e. The van der Waals surface area contributed by atoms with Crippen molar-refractivity contribution in [1.82, 2.24) is 4.98 Å². The first-order valence-electron chi connectivity index (χ1n) is 5.75. The molecule has 0 fully saturated rings. The zero-order chi connectivity index (χ0) is 12.1. The molecule has 0 spiro atoms. The third kappa shape index (κ3) is 2.75. The molecule has 0 bridgehead atoms. The molecule has 0 unspecified atom stereocenters. The van der Waals surface area contributed by atoms with Crippen molar-refractivity contribution in [2.75, 3.05) is 12.3 Å². The van der Waals surface area contributed by atoms with Crippen LogP contribution in [0.4, 0.5) is 5.82 Å². The summed E-state index contributed by atoms with van der Waals surface area (Å²) >= 11 is 0. The van der Waals surface area contributed by atoms with Crippen LogP contribution in [0.3, 0.4) is 0 Å². The van der Waals surface area contributed by atoms with Crippen LogP contribution in [0.25, 0.3) is 11.1 Å². The van der Waals surface area contributed by atoms with Crippen molar-refractivity contribution in [3.63, 3.8) is 0 Å². The molecule has 17 heavy (non-hydrogen) atoms. The third-order valence-electron chi connectivity index (χ3n) is 2.46. The van der Waals surface area contributed by atoms with E-state index in [0.29, 0.717) is 5.82 Å². The molecule has 2 aromatic rings. The second-order valence-corrected chi connectivity index (χ2v) is 3.81. The van der Waals surface area contributed by atoms with Crippen molar-refractivity contribution < 1.29 is 4.74 Å². The third-order valence-corrected chi connectivity index (χ3v) is 2.46. The van der Waals surface area contributed by atoms with Crippen molar-refractivity contribution in [1.29, 1.82) is 0 Å². The van der Waals surface area contributed by atoms with E-state index in [0.717, 1.165) is 29.9 Å². The van der Waals surface area contributed by atoms with E-state index in [1.807, 2.05) is 36.4 Å². The van der Waals surface area contributed by atoms with Gasteiger partial charge in [-0.05, 0) is 36.2 Å². The van der Waals surface area contributed by atoms with E-state index in [1.54, 1.807) is 6.20 Å². The summed E-state index contributed by atoms with van der Waals surface area (Å²) in [6.45, 7) is 2.81. The van der Waals surface area contributed by atoms with Crippen molar-refractivity contribution in [2.45, 2.75) is 13.3 Å². The standard InChI is InChI=1S/C14H16N2O/c1-2-9-17-12-6-3-5-11(10-12)13-7-4-8-16-14(13)15/h3-8,10H,2,9H2,1H3,(H2,15,16). The zero-order valence-electron chi connectivity index (χ0n) is 9.89. The van der Waals surface area contributed by atoms with Crippen LogP contribution < -0.4 is 10.5 Å². The van der Waals surface area contributed by atoms with Crippen molar-refractivity contribution in [3.05, 3.63) is 42.6 Å². The first kappa shape index (κ1) is 11.5. The largest absolute Gasteiger partial charge is 0.494 e. The molecular formula is C14H16N2O. The Bertz CT molecular complexity index is 497. The molecule has 0 amide bonds. The highest BCUT2D eigenvalue weighted by atomic mass is 16.5. The highest BCUT2D eigenvalue weighted by molar-refractivity contribution is 5.74. The Balaban J connectivity index is 2.30. The molecule has 0 saturated carbocycles. The smallest absolute Gasteiger partial charge is 0.131 e. The fourth-order valence-electron chi connectivity index (χ4n) is 1.63. The number of nitrogens with two attached hydrogens (primary N) is 1. The van der Waals surface area contributed by atoms with E-state index in [-0.39, 0.29) is 0 Å². The van der Waals surface area contributed by atoms with Crippen LogP contribution in [0.1, 0.15) is 13.3 Å². The van der Waals surface area contributed by atoms with E-state index in [9.17, 15) is 0 Å². The molecule has 3 nitrogen and oxygen atoms in total. The van der Waals surface area contributed by atoms with Crippen LogP contribution in [0.15, 0.2) is 42.6 Å². The summed E-state index contributed by atoms with van der Waals surface area (Å²) in [6, 6.07) is 11.8. The molecule has 0 aliphatic heterocycles. The van der Waals surface area contributed by atoms with Crippen LogP contribution in [-0.2, 0) is 0 Å². The van der Waals surface area contributed by atoms with Crippen LogP contribution in [0.2, 0.25) is 0 Å². The first-order valence-corrected chi connectivity index (χ1v) is 5.75. The molecule has 2 N–H and O–H groups in total. The molecule has 1 heterocycles. The summed E-state index contributed by atoms with van der Waals surface area (Å²) in [5, 5.41) is 0. The zero-order valence-corrected chi connectivity index (χ0v) is 9.89. The monoisotopic (exact) mass is 228 g/mol. The van der Waals surface area contributed by atoms with Crippen molar-refractivity contribution in [2.24, 2.45) is 0 Å². The number of rotatable bonds is 4. The number of aromatic nitrogens is 1. The summed E-state index contributed by atoms with van der Waals surface area (Å²) in [5.41, 5.74) is 7.82. The molecule has 0 aliphatic rings. The number of benzene rings is 1. The lowest BCUT2D eigenvalue weighted by Crippen LogP contribution is -1.96. The maximum atomic E-state index is 5.85. The Morgan fingerprint density at radius 1 is 1.24 bits per heavy atom. The fraction of sp³-hybridized carbons (Fsp3) is 0.214. The Labute approximate surface area is 101 Å². The average molecular weight is 228 g/mol. The van der Waals surface area contributed by atoms with Crippen LogP contribution >= 0.6 is 0 Å². The minimum absolute atomic E-state index is 0.542. The molecule has 1 aromatic carbocycles. The normalized spacial score (nSPS) is 10.2. The fourth-order valence-corrected chi connectivity index (χ4v) is 1.63. The lowest BCUT2D eigenvalue weighted by molar-refractivity contribution is 0.317. The Kier molecular flexibility index (Phi) is 3.60. The lowest BCUT2D eigenvalue weighted by atomic mass is 10.1. The SMILES string of the molecule is CCCOc1cccc(-c2cccnc2N)c1. The topological polar surface area (TPSA) is 48.1 Å². The molecule has 0 atom stereocenters. The van der Waals surface area contributed by atoms with Gasteiger partial charge in [-0.1, -0.05) is 19.1 Å². The number of anilines is 1. The molecule has 1 aromatic heterocycles. The predicted octanol–water partition coefficient (Wildman–Crippen LogP) is 3.12. The van der Waals surface area contributed by atoms with Gasteiger partial charge in [0.15, 0.2) is 0 Å². The molecule has 0 saturated heterocycles. The van der Waals surface area contributed by atoms with Gasteiger partial charge in [0.05, 0.1) is 6.61 Å². The van der Waals surface area contributed by atoms with Crippen molar-refractivity contribution in [3.8, 4) is 16.9 Å². The van der Waals surface area contributed by atoms with Gasteiger partial charge in [-0.25, -0.2) is 4.98 Å². The minimum atomic E-state index is 0.542. The van der Waals surface area contributed by atoms with Crippen LogP contribution in [-0.4, -0.2) is 11.6 Å². The van der Waals surface area contributed by atoms with Gasteiger partial charge < -0.3 is 10.5 Å². The van der Waals surface area contributed by atoms with Gasteiger partial charge in [-0.3, -0.25) is 0 Å². The summed E-state index contributed by atoms with van der Waals surface area (Å²) < 4.78 is 5.60. The number of hydrogen-bond acceptors (Lipinski definition) is 3. The quantitative estimate of drug-likeness (QED) is 0.874. The number of hydrogen-bond donors (Lipinski definition) is 1. The van der Waals surface area contributed by atoms with E-state index < -0.39 is 0 Å². The maximum absolute atomic E-state index is 5.85.